The van der Waals surface area contributed by atoms with Gasteiger partial charge in [0.1, 0.15) is 0 Å². The first kappa shape index (κ1) is 14.7. The van der Waals surface area contributed by atoms with Crippen LogP contribution < -0.4 is 10.6 Å². The molecule has 0 radical (unpaired) electrons. The second kappa shape index (κ2) is 6.13. The summed E-state index contributed by atoms with van der Waals surface area (Å²) in [6.07, 6.45) is 1.78. The van der Waals surface area contributed by atoms with Gasteiger partial charge in [-0.3, -0.25) is 4.79 Å². The zero-order valence-corrected chi connectivity index (χ0v) is 11.9. The van der Waals surface area contributed by atoms with Gasteiger partial charge in [-0.05, 0) is 43.9 Å². The molecule has 5 nitrogen and oxygen atoms in total. The van der Waals surface area contributed by atoms with Gasteiger partial charge in [0.15, 0.2) is 0 Å². The Hall–Kier alpha value is -1.75. The van der Waals surface area contributed by atoms with Crippen LogP contribution in [0.25, 0.3) is 0 Å². The molecular formula is C14H17ClN2O3. The summed E-state index contributed by atoms with van der Waals surface area (Å²) in [5.41, 5.74) is 1.56. The molecule has 108 valence electrons. The highest BCUT2D eigenvalue weighted by molar-refractivity contribution is 6.31. The lowest BCUT2D eigenvalue weighted by Gasteiger charge is -2.13. The van der Waals surface area contributed by atoms with Crippen LogP contribution in [0.2, 0.25) is 5.02 Å². The van der Waals surface area contributed by atoms with Crippen molar-refractivity contribution in [3.63, 3.8) is 0 Å². The number of benzene rings is 1. The number of nitrogens with one attached hydrogen (secondary N) is 2. The molecule has 1 aromatic carbocycles. The van der Waals surface area contributed by atoms with E-state index in [2.05, 4.69) is 10.6 Å². The Bertz CT molecular complexity index is 533. The van der Waals surface area contributed by atoms with Crippen molar-refractivity contribution in [2.24, 2.45) is 5.92 Å². The molecule has 0 bridgehead atoms. The number of urea groups is 1. The predicted octanol–water partition coefficient (Wildman–Crippen LogP) is 3.02. The topological polar surface area (TPSA) is 78.4 Å². The number of carbonyl (C=O) groups is 2. The standard InChI is InChI=1S/C14H17ClN2O3/c1-8-2-4-11(7-12(8)15)17-14(20)16-10-5-3-9(6-10)13(18)19/h2,4,7,9-10H,3,5-6H2,1H3,(H,18,19)(H2,16,17,20). The van der Waals surface area contributed by atoms with Crippen LogP contribution in [0.1, 0.15) is 24.8 Å². The molecule has 2 rings (SSSR count). The normalized spacial score (nSPS) is 21.5. The summed E-state index contributed by atoms with van der Waals surface area (Å²) in [4.78, 5) is 22.7. The number of amides is 2. The van der Waals surface area contributed by atoms with Crippen molar-refractivity contribution in [3.8, 4) is 0 Å². The summed E-state index contributed by atoms with van der Waals surface area (Å²) >= 11 is 5.98. The average molecular weight is 297 g/mol. The number of aryl methyl sites for hydroxylation is 1. The smallest absolute Gasteiger partial charge is 0.319 e. The van der Waals surface area contributed by atoms with Gasteiger partial charge in [0.25, 0.3) is 0 Å². The van der Waals surface area contributed by atoms with Crippen LogP contribution in [-0.2, 0) is 4.79 Å². The molecule has 0 aromatic heterocycles. The van der Waals surface area contributed by atoms with Crippen molar-refractivity contribution >= 4 is 29.3 Å². The Morgan fingerprint density at radius 1 is 1.35 bits per heavy atom. The van der Waals surface area contributed by atoms with E-state index in [9.17, 15) is 9.59 Å². The zero-order valence-electron chi connectivity index (χ0n) is 11.1. The second-order valence-corrected chi connectivity index (χ2v) is 5.51. The lowest BCUT2D eigenvalue weighted by molar-refractivity contribution is -0.141. The van der Waals surface area contributed by atoms with E-state index in [1.54, 1.807) is 12.1 Å². The fourth-order valence-electron chi connectivity index (χ4n) is 2.36. The van der Waals surface area contributed by atoms with Crippen LogP contribution in [0.5, 0.6) is 0 Å². The third-order valence-electron chi connectivity index (χ3n) is 3.55. The van der Waals surface area contributed by atoms with Crippen molar-refractivity contribution < 1.29 is 14.7 Å². The van der Waals surface area contributed by atoms with E-state index in [-0.39, 0.29) is 18.0 Å². The molecule has 6 heteroatoms. The van der Waals surface area contributed by atoms with Crippen molar-refractivity contribution in [1.29, 1.82) is 0 Å². The molecule has 20 heavy (non-hydrogen) atoms. The van der Waals surface area contributed by atoms with Gasteiger partial charge < -0.3 is 15.7 Å². The molecule has 1 aliphatic rings. The van der Waals surface area contributed by atoms with Gasteiger partial charge in [-0.15, -0.1) is 0 Å². The van der Waals surface area contributed by atoms with Crippen molar-refractivity contribution in [3.05, 3.63) is 28.8 Å². The highest BCUT2D eigenvalue weighted by atomic mass is 35.5. The van der Waals surface area contributed by atoms with E-state index in [4.69, 9.17) is 16.7 Å². The highest BCUT2D eigenvalue weighted by Gasteiger charge is 2.30. The van der Waals surface area contributed by atoms with Crippen LogP contribution in [0.3, 0.4) is 0 Å². The van der Waals surface area contributed by atoms with Gasteiger partial charge in [0.2, 0.25) is 0 Å². The Morgan fingerprint density at radius 3 is 2.70 bits per heavy atom. The van der Waals surface area contributed by atoms with Crippen molar-refractivity contribution in [1.82, 2.24) is 5.32 Å². The van der Waals surface area contributed by atoms with Crippen molar-refractivity contribution in [2.75, 3.05) is 5.32 Å². The Kier molecular flexibility index (Phi) is 4.49. The van der Waals surface area contributed by atoms with Crippen LogP contribution >= 0.6 is 11.6 Å². The molecule has 0 heterocycles. The first-order valence-corrected chi connectivity index (χ1v) is 6.90. The maximum Gasteiger partial charge on any atom is 0.319 e. The molecule has 3 N–H and O–H groups in total. The van der Waals surface area contributed by atoms with Gasteiger partial charge in [-0.2, -0.15) is 0 Å². The van der Waals surface area contributed by atoms with E-state index in [0.717, 1.165) is 5.56 Å². The maximum atomic E-state index is 11.8. The first-order valence-electron chi connectivity index (χ1n) is 6.52. The molecule has 1 saturated carbocycles. The number of anilines is 1. The summed E-state index contributed by atoms with van der Waals surface area (Å²) in [6.45, 7) is 1.89. The molecule has 1 fully saturated rings. The lowest BCUT2D eigenvalue weighted by atomic mass is 10.1. The second-order valence-electron chi connectivity index (χ2n) is 5.11. The zero-order chi connectivity index (χ0) is 14.7. The quantitative estimate of drug-likeness (QED) is 0.802. The van der Waals surface area contributed by atoms with Gasteiger partial charge >= 0.3 is 12.0 Å². The van der Waals surface area contributed by atoms with Gasteiger partial charge in [0, 0.05) is 16.8 Å². The number of hydrogen-bond donors (Lipinski definition) is 3. The number of carboxylic acid groups (broad SMARTS) is 1. The minimum Gasteiger partial charge on any atom is -0.481 e. The fraction of sp³-hybridized carbons (Fsp3) is 0.429. The minimum absolute atomic E-state index is 0.0861. The summed E-state index contributed by atoms with van der Waals surface area (Å²) in [6, 6.07) is 4.87. The van der Waals surface area contributed by atoms with Gasteiger partial charge in [0.05, 0.1) is 5.92 Å². The number of carbonyl (C=O) groups excluding carboxylic acids is 1. The van der Waals surface area contributed by atoms with E-state index in [1.807, 2.05) is 13.0 Å². The molecule has 1 aliphatic carbocycles. The number of rotatable bonds is 3. The molecule has 0 aliphatic heterocycles. The molecule has 2 atom stereocenters. The van der Waals surface area contributed by atoms with Crippen LogP contribution in [0.4, 0.5) is 10.5 Å². The van der Waals surface area contributed by atoms with Crippen LogP contribution in [-0.4, -0.2) is 23.1 Å². The van der Waals surface area contributed by atoms with E-state index >= 15 is 0 Å². The average Bonchev–Trinajstić information content (AvgIpc) is 2.82. The van der Waals surface area contributed by atoms with Crippen LogP contribution in [0.15, 0.2) is 18.2 Å². The minimum atomic E-state index is -0.792. The summed E-state index contributed by atoms with van der Waals surface area (Å²) in [5.74, 6) is -1.14. The fourth-order valence-corrected chi connectivity index (χ4v) is 2.54. The number of carboxylic acids is 1. The maximum absolute atomic E-state index is 11.8. The first-order chi connectivity index (χ1) is 9.45. The highest BCUT2D eigenvalue weighted by Crippen LogP contribution is 2.26. The third-order valence-corrected chi connectivity index (χ3v) is 3.95. The molecular weight excluding hydrogens is 280 g/mol. The van der Waals surface area contributed by atoms with Gasteiger partial charge in [-0.25, -0.2) is 4.79 Å². The van der Waals surface area contributed by atoms with E-state index < -0.39 is 5.97 Å². The predicted molar refractivity (Wildman–Crippen MR) is 77.1 cm³/mol. The third kappa shape index (κ3) is 3.63. The Labute approximate surface area is 122 Å². The van der Waals surface area contributed by atoms with Gasteiger partial charge in [-0.1, -0.05) is 17.7 Å². The summed E-state index contributed by atoms with van der Waals surface area (Å²) in [7, 11) is 0. The Morgan fingerprint density at radius 2 is 2.10 bits per heavy atom. The SMILES string of the molecule is Cc1ccc(NC(=O)NC2CCC(C(=O)O)C2)cc1Cl. The monoisotopic (exact) mass is 296 g/mol. The number of halogens is 1. The summed E-state index contributed by atoms with van der Waals surface area (Å²) < 4.78 is 0. The van der Waals surface area contributed by atoms with E-state index in [0.29, 0.717) is 30.0 Å². The Balaban J connectivity index is 1.87. The molecule has 2 unspecified atom stereocenters. The molecule has 2 amide bonds. The van der Waals surface area contributed by atoms with E-state index in [1.165, 1.54) is 0 Å². The molecule has 0 saturated heterocycles. The number of hydrogen-bond acceptors (Lipinski definition) is 2. The largest absolute Gasteiger partial charge is 0.481 e. The number of aliphatic carboxylic acids is 1. The lowest BCUT2D eigenvalue weighted by Crippen LogP contribution is -2.36. The van der Waals surface area contributed by atoms with Crippen LogP contribution in [0, 0.1) is 12.8 Å². The molecule has 0 spiro atoms. The molecule has 1 aromatic rings. The summed E-state index contributed by atoms with van der Waals surface area (Å²) in [5, 5.41) is 15.0. The van der Waals surface area contributed by atoms with Crippen molar-refractivity contribution in [2.45, 2.75) is 32.2 Å².